The van der Waals surface area contributed by atoms with Crippen LogP contribution in [0.2, 0.25) is 0 Å². The Labute approximate surface area is 145 Å². The van der Waals surface area contributed by atoms with Crippen LogP contribution < -0.4 is 0 Å². The summed E-state index contributed by atoms with van der Waals surface area (Å²) in [5.41, 5.74) is -0.300. The number of aliphatic hydroxyl groups excluding tert-OH is 2. The van der Waals surface area contributed by atoms with E-state index in [1.54, 1.807) is 19.1 Å². The average molecular weight is 346 g/mol. The summed E-state index contributed by atoms with van der Waals surface area (Å²) in [6, 6.07) is 0. The van der Waals surface area contributed by atoms with Crippen LogP contribution in [0.15, 0.2) is 35.5 Å². The smallest absolute Gasteiger partial charge is 0.331 e. The lowest BCUT2D eigenvalue weighted by atomic mass is 9.50. The van der Waals surface area contributed by atoms with Crippen LogP contribution >= 0.6 is 0 Å². The van der Waals surface area contributed by atoms with Crippen LogP contribution in [0, 0.1) is 22.7 Å². The van der Waals surface area contributed by atoms with Crippen molar-refractivity contribution in [1.29, 1.82) is 0 Å². The van der Waals surface area contributed by atoms with Gasteiger partial charge in [0, 0.05) is 29.9 Å². The van der Waals surface area contributed by atoms with E-state index in [1.165, 1.54) is 6.08 Å². The zero-order valence-electron chi connectivity index (χ0n) is 14.4. The average Bonchev–Trinajstić information content (AvgIpc) is 2.83. The molecule has 0 spiro atoms. The summed E-state index contributed by atoms with van der Waals surface area (Å²) >= 11 is 0. The van der Waals surface area contributed by atoms with Gasteiger partial charge in [0.15, 0.2) is 0 Å². The Kier molecular flexibility index (Phi) is 3.34. The number of carbonyl (C=O) groups is 2. The van der Waals surface area contributed by atoms with Crippen LogP contribution in [0.1, 0.15) is 20.8 Å². The summed E-state index contributed by atoms with van der Waals surface area (Å²) < 4.78 is 11.1. The zero-order chi connectivity index (χ0) is 18.1. The van der Waals surface area contributed by atoms with E-state index in [-0.39, 0.29) is 24.4 Å². The van der Waals surface area contributed by atoms with E-state index < -0.39 is 35.1 Å². The molecule has 134 valence electrons. The molecule has 0 aromatic heterocycles. The van der Waals surface area contributed by atoms with Crippen molar-refractivity contribution in [2.24, 2.45) is 22.7 Å². The number of ether oxygens (including phenoxy) is 2. The number of esters is 2. The molecule has 0 amide bonds. The predicted molar refractivity (Wildman–Crippen MR) is 87.0 cm³/mol. The Hall–Kier alpha value is -1.92. The molecule has 2 aliphatic heterocycles. The van der Waals surface area contributed by atoms with E-state index in [4.69, 9.17) is 9.47 Å². The van der Waals surface area contributed by atoms with Crippen LogP contribution in [0.3, 0.4) is 0 Å². The maximum Gasteiger partial charge on any atom is 0.331 e. The van der Waals surface area contributed by atoms with Gasteiger partial charge in [0.1, 0.15) is 12.2 Å². The van der Waals surface area contributed by atoms with Gasteiger partial charge in [-0.25, -0.2) is 4.79 Å². The summed E-state index contributed by atoms with van der Waals surface area (Å²) in [6.45, 7) is 5.33. The molecule has 2 N–H and O–H groups in total. The molecular formula is C19H22O6. The van der Waals surface area contributed by atoms with Crippen LogP contribution in [0.5, 0.6) is 0 Å². The standard InChI is InChI=1S/C19H22O6/c1-9(8-20)15-10-6-12-16-18(2,17(23)24-12)5-4-13(21)19(16,3)11(10)7-14(22)25-15/h4-7,9,12-13,15-16,20-21H,8H2,1-3H3/t9-,12-,13-,15-,16+,18+,19+/m1/s1. The fourth-order valence-corrected chi connectivity index (χ4v) is 4.98. The molecule has 1 saturated heterocycles. The highest BCUT2D eigenvalue weighted by molar-refractivity contribution is 5.88. The van der Waals surface area contributed by atoms with Gasteiger partial charge < -0.3 is 19.7 Å². The van der Waals surface area contributed by atoms with Gasteiger partial charge in [-0.1, -0.05) is 26.0 Å². The van der Waals surface area contributed by atoms with Crippen LogP contribution in [-0.4, -0.2) is 47.1 Å². The molecule has 0 radical (unpaired) electrons. The molecular weight excluding hydrogens is 324 g/mol. The highest BCUT2D eigenvalue weighted by Crippen LogP contribution is 2.62. The van der Waals surface area contributed by atoms with Crippen molar-refractivity contribution in [3.05, 3.63) is 35.5 Å². The second kappa shape index (κ2) is 5.05. The van der Waals surface area contributed by atoms with E-state index in [2.05, 4.69) is 0 Å². The molecule has 4 aliphatic rings. The third-order valence-electron chi connectivity index (χ3n) is 6.39. The van der Waals surface area contributed by atoms with Crippen molar-refractivity contribution in [2.45, 2.75) is 39.1 Å². The predicted octanol–water partition coefficient (Wildman–Crippen LogP) is 0.891. The number of cyclic esters (lactones) is 1. The van der Waals surface area contributed by atoms with E-state index >= 15 is 0 Å². The molecule has 6 nitrogen and oxygen atoms in total. The highest BCUT2D eigenvalue weighted by atomic mass is 16.6. The normalized spacial score (nSPS) is 45.6. The first-order valence-corrected chi connectivity index (χ1v) is 8.57. The third kappa shape index (κ3) is 1.92. The first-order valence-electron chi connectivity index (χ1n) is 8.57. The SMILES string of the molecule is C[C@H](CO)[C@H]1OC(=O)C=C2C1=C[C@H]1OC(=O)[C@@]3(C)C=C[C@@H](O)[C@@]2(C)[C@@H]13. The van der Waals surface area contributed by atoms with Crippen molar-refractivity contribution in [3.8, 4) is 0 Å². The lowest BCUT2D eigenvalue weighted by Crippen LogP contribution is -2.56. The van der Waals surface area contributed by atoms with Gasteiger partial charge in [0.05, 0.1) is 11.5 Å². The maximum atomic E-state index is 12.5. The van der Waals surface area contributed by atoms with E-state index in [0.29, 0.717) is 5.57 Å². The summed E-state index contributed by atoms with van der Waals surface area (Å²) in [6.07, 6.45) is 4.60. The van der Waals surface area contributed by atoms with E-state index in [9.17, 15) is 19.8 Å². The van der Waals surface area contributed by atoms with Crippen molar-refractivity contribution in [2.75, 3.05) is 6.61 Å². The minimum absolute atomic E-state index is 0.146. The summed E-state index contributed by atoms with van der Waals surface area (Å²) in [5, 5.41) is 20.4. The van der Waals surface area contributed by atoms with Crippen molar-refractivity contribution >= 4 is 11.9 Å². The minimum atomic E-state index is -0.853. The lowest BCUT2D eigenvalue weighted by molar-refractivity contribution is -0.146. The van der Waals surface area contributed by atoms with Gasteiger partial charge in [0.2, 0.25) is 0 Å². The molecule has 0 aromatic rings. The molecule has 0 aromatic carbocycles. The van der Waals surface area contributed by atoms with Crippen molar-refractivity contribution in [1.82, 2.24) is 0 Å². The van der Waals surface area contributed by atoms with Crippen molar-refractivity contribution in [3.63, 3.8) is 0 Å². The summed E-state index contributed by atoms with van der Waals surface area (Å²) in [7, 11) is 0. The Morgan fingerprint density at radius 1 is 1.28 bits per heavy atom. The second-order valence-electron chi connectivity index (χ2n) is 7.91. The summed E-state index contributed by atoms with van der Waals surface area (Å²) in [5.74, 6) is -1.44. The fraction of sp³-hybridized carbons (Fsp3) is 0.579. The van der Waals surface area contributed by atoms with Gasteiger partial charge in [-0.05, 0) is 24.1 Å². The first kappa shape index (κ1) is 16.5. The molecule has 0 unspecified atom stereocenters. The first-order chi connectivity index (χ1) is 11.7. The molecule has 7 atom stereocenters. The van der Waals surface area contributed by atoms with Crippen LogP contribution in [0.25, 0.3) is 0 Å². The number of carbonyl (C=O) groups excluding carboxylic acids is 2. The molecule has 6 heteroatoms. The topological polar surface area (TPSA) is 93.1 Å². The molecule has 2 aliphatic carbocycles. The van der Waals surface area contributed by atoms with E-state index in [1.807, 2.05) is 19.9 Å². The molecule has 4 rings (SSSR count). The lowest BCUT2D eigenvalue weighted by Gasteiger charge is -2.52. The second-order valence-corrected chi connectivity index (χ2v) is 7.91. The molecule has 0 saturated carbocycles. The minimum Gasteiger partial charge on any atom is -0.457 e. The molecule has 1 fully saturated rings. The monoisotopic (exact) mass is 346 g/mol. The Morgan fingerprint density at radius 2 is 2.00 bits per heavy atom. The summed E-state index contributed by atoms with van der Waals surface area (Å²) in [4.78, 5) is 24.7. The largest absolute Gasteiger partial charge is 0.457 e. The molecule has 2 heterocycles. The van der Waals surface area contributed by atoms with Gasteiger partial charge in [-0.2, -0.15) is 0 Å². The third-order valence-corrected chi connectivity index (χ3v) is 6.39. The number of hydrogen-bond acceptors (Lipinski definition) is 6. The van der Waals surface area contributed by atoms with Gasteiger partial charge in [-0.15, -0.1) is 0 Å². The fourth-order valence-electron chi connectivity index (χ4n) is 4.98. The number of fused-ring (bicyclic) bond motifs is 2. The number of rotatable bonds is 2. The van der Waals surface area contributed by atoms with Gasteiger partial charge in [0.25, 0.3) is 0 Å². The van der Waals surface area contributed by atoms with E-state index in [0.717, 1.165) is 5.57 Å². The van der Waals surface area contributed by atoms with Crippen LogP contribution in [0.4, 0.5) is 0 Å². The number of aliphatic hydroxyl groups is 2. The Balaban J connectivity index is 1.94. The van der Waals surface area contributed by atoms with Gasteiger partial charge in [-0.3, -0.25) is 4.79 Å². The maximum absolute atomic E-state index is 12.5. The van der Waals surface area contributed by atoms with Crippen molar-refractivity contribution < 1.29 is 29.3 Å². The Morgan fingerprint density at radius 3 is 2.68 bits per heavy atom. The number of hydrogen-bond donors (Lipinski definition) is 2. The molecule has 0 bridgehead atoms. The highest BCUT2D eigenvalue weighted by Gasteiger charge is 2.66. The quantitative estimate of drug-likeness (QED) is 0.570. The Bertz CT molecular complexity index is 749. The molecule has 25 heavy (non-hydrogen) atoms. The zero-order valence-corrected chi connectivity index (χ0v) is 14.4. The van der Waals surface area contributed by atoms with Gasteiger partial charge >= 0.3 is 11.9 Å². The van der Waals surface area contributed by atoms with Crippen LogP contribution in [-0.2, 0) is 19.1 Å².